The summed E-state index contributed by atoms with van der Waals surface area (Å²) >= 11 is 1.82. The molecule has 98 valence electrons. The molecular formula is C15H22N2S. The standard InChI is InChI=1S/C15H22N2S/c1-4-9-16-11-15(2,3)10-14-17-12-7-5-6-8-13(12)18-14/h5-8,16H,4,9-11H2,1-3H3. The number of rotatable bonds is 6. The molecule has 3 heteroatoms. The van der Waals surface area contributed by atoms with Gasteiger partial charge in [-0.1, -0.05) is 32.9 Å². The summed E-state index contributed by atoms with van der Waals surface area (Å²) in [5, 5.41) is 4.76. The van der Waals surface area contributed by atoms with Crippen molar-refractivity contribution < 1.29 is 0 Å². The van der Waals surface area contributed by atoms with Crippen molar-refractivity contribution in [3.05, 3.63) is 29.3 Å². The van der Waals surface area contributed by atoms with Gasteiger partial charge in [0.1, 0.15) is 0 Å². The zero-order valence-corrected chi connectivity index (χ0v) is 12.3. The predicted octanol–water partition coefficient (Wildman–Crippen LogP) is 3.86. The minimum absolute atomic E-state index is 0.267. The molecule has 0 radical (unpaired) electrons. The smallest absolute Gasteiger partial charge is 0.0944 e. The third-order valence-corrected chi connectivity index (χ3v) is 4.03. The molecule has 1 aromatic heterocycles. The number of aromatic nitrogens is 1. The van der Waals surface area contributed by atoms with E-state index in [1.165, 1.54) is 16.1 Å². The van der Waals surface area contributed by atoms with E-state index in [2.05, 4.69) is 50.4 Å². The van der Waals surface area contributed by atoms with Crippen molar-refractivity contribution in [3.63, 3.8) is 0 Å². The maximum atomic E-state index is 4.72. The normalized spacial score (nSPS) is 12.2. The van der Waals surface area contributed by atoms with E-state index in [0.29, 0.717) is 0 Å². The molecule has 0 bridgehead atoms. The maximum Gasteiger partial charge on any atom is 0.0944 e. The zero-order chi connectivity index (χ0) is 13.0. The summed E-state index contributed by atoms with van der Waals surface area (Å²) in [5.74, 6) is 0. The molecule has 0 saturated carbocycles. The number of hydrogen-bond acceptors (Lipinski definition) is 3. The van der Waals surface area contributed by atoms with E-state index in [9.17, 15) is 0 Å². The SMILES string of the molecule is CCCNCC(C)(C)Cc1nc2ccccc2s1. The van der Waals surface area contributed by atoms with Crippen LogP contribution in [0.25, 0.3) is 10.2 Å². The molecule has 2 rings (SSSR count). The predicted molar refractivity (Wildman–Crippen MR) is 80.3 cm³/mol. The summed E-state index contributed by atoms with van der Waals surface area (Å²) < 4.78 is 1.30. The van der Waals surface area contributed by atoms with Crippen LogP contribution in [-0.2, 0) is 6.42 Å². The molecule has 0 aliphatic heterocycles. The van der Waals surface area contributed by atoms with Crippen LogP contribution in [-0.4, -0.2) is 18.1 Å². The molecule has 1 aromatic carbocycles. The molecule has 2 nitrogen and oxygen atoms in total. The number of nitrogens with zero attached hydrogens (tertiary/aromatic N) is 1. The Morgan fingerprint density at radius 1 is 1.28 bits per heavy atom. The number of nitrogens with one attached hydrogen (secondary N) is 1. The van der Waals surface area contributed by atoms with E-state index in [4.69, 9.17) is 4.98 Å². The van der Waals surface area contributed by atoms with Gasteiger partial charge in [0.2, 0.25) is 0 Å². The summed E-state index contributed by atoms with van der Waals surface area (Å²) in [6.45, 7) is 8.97. The second-order valence-corrected chi connectivity index (χ2v) is 6.71. The fraction of sp³-hybridized carbons (Fsp3) is 0.533. The maximum absolute atomic E-state index is 4.72. The van der Waals surface area contributed by atoms with Gasteiger partial charge in [-0.05, 0) is 30.5 Å². The van der Waals surface area contributed by atoms with Gasteiger partial charge in [0.15, 0.2) is 0 Å². The largest absolute Gasteiger partial charge is 0.316 e. The van der Waals surface area contributed by atoms with Crippen LogP contribution in [0.15, 0.2) is 24.3 Å². The van der Waals surface area contributed by atoms with Crippen LogP contribution >= 0.6 is 11.3 Å². The molecule has 0 unspecified atom stereocenters. The van der Waals surface area contributed by atoms with E-state index in [1.54, 1.807) is 0 Å². The molecule has 0 fully saturated rings. The fourth-order valence-electron chi connectivity index (χ4n) is 2.07. The highest BCUT2D eigenvalue weighted by atomic mass is 32.1. The number of thiazole rings is 1. The lowest BCUT2D eigenvalue weighted by atomic mass is 9.89. The van der Waals surface area contributed by atoms with Crippen molar-refractivity contribution in [2.75, 3.05) is 13.1 Å². The van der Waals surface area contributed by atoms with Gasteiger partial charge in [-0.2, -0.15) is 0 Å². The van der Waals surface area contributed by atoms with Crippen molar-refractivity contribution in [1.29, 1.82) is 0 Å². The van der Waals surface area contributed by atoms with Gasteiger partial charge in [0, 0.05) is 13.0 Å². The quantitative estimate of drug-likeness (QED) is 0.800. The minimum atomic E-state index is 0.267. The first kappa shape index (κ1) is 13.5. The highest BCUT2D eigenvalue weighted by molar-refractivity contribution is 7.18. The first-order valence-corrected chi connectivity index (χ1v) is 7.47. The van der Waals surface area contributed by atoms with Crippen LogP contribution in [0.2, 0.25) is 0 Å². The average molecular weight is 262 g/mol. The Bertz CT molecular complexity index is 469. The van der Waals surface area contributed by atoms with Gasteiger partial charge in [-0.25, -0.2) is 4.98 Å². The Balaban J connectivity index is 2.03. The van der Waals surface area contributed by atoms with Crippen LogP contribution in [0.1, 0.15) is 32.2 Å². The number of hydrogen-bond donors (Lipinski definition) is 1. The van der Waals surface area contributed by atoms with Crippen LogP contribution in [0.5, 0.6) is 0 Å². The first-order valence-electron chi connectivity index (χ1n) is 6.66. The number of para-hydroxylation sites is 1. The molecular weight excluding hydrogens is 240 g/mol. The molecule has 0 saturated heterocycles. The minimum Gasteiger partial charge on any atom is -0.316 e. The van der Waals surface area contributed by atoms with Gasteiger partial charge in [-0.15, -0.1) is 11.3 Å². The summed E-state index contributed by atoms with van der Waals surface area (Å²) in [4.78, 5) is 4.72. The van der Waals surface area contributed by atoms with E-state index >= 15 is 0 Å². The summed E-state index contributed by atoms with van der Waals surface area (Å²) in [6.07, 6.45) is 2.24. The van der Waals surface area contributed by atoms with Gasteiger partial charge < -0.3 is 5.32 Å². The van der Waals surface area contributed by atoms with Gasteiger partial charge in [-0.3, -0.25) is 0 Å². The molecule has 0 atom stereocenters. The number of fused-ring (bicyclic) bond motifs is 1. The molecule has 0 aliphatic carbocycles. The van der Waals surface area contributed by atoms with Gasteiger partial charge in [0.25, 0.3) is 0 Å². The van der Waals surface area contributed by atoms with E-state index < -0.39 is 0 Å². The lowest BCUT2D eigenvalue weighted by Crippen LogP contribution is -2.31. The van der Waals surface area contributed by atoms with Crippen molar-refractivity contribution >= 4 is 21.6 Å². The highest BCUT2D eigenvalue weighted by Crippen LogP contribution is 2.27. The fourth-order valence-corrected chi connectivity index (χ4v) is 3.30. The van der Waals surface area contributed by atoms with Crippen LogP contribution in [0.3, 0.4) is 0 Å². The Morgan fingerprint density at radius 2 is 2.06 bits per heavy atom. The molecule has 2 aromatic rings. The van der Waals surface area contributed by atoms with E-state index in [-0.39, 0.29) is 5.41 Å². The van der Waals surface area contributed by atoms with Gasteiger partial charge in [0.05, 0.1) is 15.2 Å². The molecule has 1 heterocycles. The number of benzene rings is 1. The summed E-state index contributed by atoms with van der Waals surface area (Å²) in [6, 6.07) is 8.38. The van der Waals surface area contributed by atoms with Crippen LogP contribution < -0.4 is 5.32 Å². The summed E-state index contributed by atoms with van der Waals surface area (Å²) in [5.41, 5.74) is 1.40. The molecule has 0 spiro atoms. The molecule has 0 aliphatic rings. The van der Waals surface area contributed by atoms with Gasteiger partial charge >= 0.3 is 0 Å². The van der Waals surface area contributed by atoms with Crippen LogP contribution in [0.4, 0.5) is 0 Å². The van der Waals surface area contributed by atoms with Crippen molar-refractivity contribution in [1.82, 2.24) is 10.3 Å². The van der Waals surface area contributed by atoms with E-state index in [1.807, 2.05) is 11.3 Å². The third kappa shape index (κ3) is 3.53. The Hall–Kier alpha value is -0.930. The average Bonchev–Trinajstić information content (AvgIpc) is 2.70. The second kappa shape index (κ2) is 5.81. The van der Waals surface area contributed by atoms with Crippen molar-refractivity contribution in [3.8, 4) is 0 Å². The lowest BCUT2D eigenvalue weighted by Gasteiger charge is -2.23. The first-order chi connectivity index (χ1) is 8.61. The topological polar surface area (TPSA) is 24.9 Å². The highest BCUT2D eigenvalue weighted by Gasteiger charge is 2.20. The molecule has 18 heavy (non-hydrogen) atoms. The van der Waals surface area contributed by atoms with Crippen molar-refractivity contribution in [2.45, 2.75) is 33.6 Å². The lowest BCUT2D eigenvalue weighted by molar-refractivity contribution is 0.338. The summed E-state index contributed by atoms with van der Waals surface area (Å²) in [7, 11) is 0. The third-order valence-electron chi connectivity index (χ3n) is 3.00. The van der Waals surface area contributed by atoms with E-state index in [0.717, 1.165) is 25.0 Å². The Labute approximate surface area is 113 Å². The zero-order valence-electron chi connectivity index (χ0n) is 11.5. The molecule has 0 amide bonds. The van der Waals surface area contributed by atoms with Crippen LogP contribution in [0, 0.1) is 5.41 Å². The molecule has 1 N–H and O–H groups in total. The second-order valence-electron chi connectivity index (χ2n) is 5.59. The Kier molecular flexibility index (Phi) is 4.36. The monoisotopic (exact) mass is 262 g/mol. The Morgan fingerprint density at radius 3 is 2.78 bits per heavy atom. The van der Waals surface area contributed by atoms with Crippen molar-refractivity contribution in [2.24, 2.45) is 5.41 Å².